The number of hydrogen-bond donors (Lipinski definition) is 3. The first-order valence-electron chi connectivity index (χ1n) is 35.6. The molecule has 19 heteroatoms. The van der Waals surface area contributed by atoms with Crippen LogP contribution in [0, 0.1) is 5.92 Å². The fraction of sp³-hybridized carbons (Fsp3) is 0.941. The summed E-state index contributed by atoms with van der Waals surface area (Å²) in [6.07, 6.45) is 47.2. The average molecular weight is 1280 g/mol. The Bertz CT molecular complexity index is 1690. The Morgan fingerprint density at radius 1 is 0.310 bits per heavy atom. The number of phosphoric acid groups is 2. The van der Waals surface area contributed by atoms with Crippen molar-refractivity contribution < 1.29 is 80.2 Å². The number of unbranched alkanes of at least 4 members (excludes halogenated alkanes) is 40. The van der Waals surface area contributed by atoms with Gasteiger partial charge < -0.3 is 33.8 Å². The van der Waals surface area contributed by atoms with Crippen molar-refractivity contribution >= 4 is 39.5 Å². The molecule has 0 aromatic heterocycles. The molecule has 5 atom stereocenters. The summed E-state index contributed by atoms with van der Waals surface area (Å²) in [6, 6.07) is 0. The zero-order chi connectivity index (χ0) is 64.2. The normalized spacial score (nSPS) is 14.1. The molecule has 516 valence electrons. The summed E-state index contributed by atoms with van der Waals surface area (Å²) in [6.45, 7) is 7.15. The highest BCUT2D eigenvalue weighted by atomic mass is 31.2. The molecule has 0 saturated heterocycles. The molecular weight excluding hydrogens is 1150 g/mol. The Labute approximate surface area is 530 Å². The van der Waals surface area contributed by atoms with Gasteiger partial charge in [-0.2, -0.15) is 0 Å². The molecule has 87 heavy (non-hydrogen) atoms. The summed E-state index contributed by atoms with van der Waals surface area (Å²) in [7, 11) is -9.89. The molecule has 0 amide bonds. The monoisotopic (exact) mass is 1280 g/mol. The van der Waals surface area contributed by atoms with E-state index in [1.165, 1.54) is 167 Å². The molecule has 0 rings (SSSR count). The predicted molar refractivity (Wildman–Crippen MR) is 349 cm³/mol. The van der Waals surface area contributed by atoms with Gasteiger partial charge in [-0.3, -0.25) is 37.3 Å². The van der Waals surface area contributed by atoms with Crippen molar-refractivity contribution in [3.63, 3.8) is 0 Å². The molecule has 0 bridgehead atoms. The van der Waals surface area contributed by atoms with Gasteiger partial charge in [0.05, 0.1) is 26.4 Å². The third-order valence-electron chi connectivity index (χ3n) is 15.8. The van der Waals surface area contributed by atoms with Crippen LogP contribution >= 0.6 is 15.6 Å². The first-order chi connectivity index (χ1) is 42.0. The van der Waals surface area contributed by atoms with Crippen LogP contribution in [0.2, 0.25) is 0 Å². The van der Waals surface area contributed by atoms with Crippen LogP contribution in [0.25, 0.3) is 0 Å². The molecule has 0 radical (unpaired) electrons. The zero-order valence-electron chi connectivity index (χ0n) is 56.2. The van der Waals surface area contributed by atoms with E-state index < -0.39 is 97.5 Å². The summed E-state index contributed by atoms with van der Waals surface area (Å²) in [5.41, 5.74) is 0. The number of aliphatic hydroxyl groups excluding tert-OH is 1. The van der Waals surface area contributed by atoms with Gasteiger partial charge in [-0.05, 0) is 31.6 Å². The van der Waals surface area contributed by atoms with Crippen LogP contribution in [0.3, 0.4) is 0 Å². The van der Waals surface area contributed by atoms with Gasteiger partial charge in [0.1, 0.15) is 19.3 Å². The maximum Gasteiger partial charge on any atom is 0.472 e. The van der Waals surface area contributed by atoms with Crippen LogP contribution in [0.15, 0.2) is 0 Å². The lowest BCUT2D eigenvalue weighted by Gasteiger charge is -2.21. The van der Waals surface area contributed by atoms with Gasteiger partial charge in [0.25, 0.3) is 0 Å². The molecule has 0 heterocycles. The molecule has 0 aliphatic heterocycles. The smallest absolute Gasteiger partial charge is 0.462 e. The first kappa shape index (κ1) is 85.1. The number of aliphatic hydroxyl groups is 1. The first-order valence-corrected chi connectivity index (χ1v) is 38.6. The van der Waals surface area contributed by atoms with Crippen molar-refractivity contribution in [2.24, 2.45) is 5.92 Å². The molecule has 3 N–H and O–H groups in total. The second-order valence-electron chi connectivity index (χ2n) is 25.0. The number of carbonyl (C=O) groups excluding carboxylic acids is 4. The highest BCUT2D eigenvalue weighted by molar-refractivity contribution is 7.47. The molecule has 2 unspecified atom stereocenters. The molecule has 0 saturated carbocycles. The van der Waals surface area contributed by atoms with Gasteiger partial charge >= 0.3 is 39.5 Å². The Kier molecular flexibility index (Phi) is 60.2. The van der Waals surface area contributed by atoms with E-state index in [0.717, 1.165) is 96.3 Å². The van der Waals surface area contributed by atoms with Crippen LogP contribution in [-0.2, 0) is 65.4 Å². The highest BCUT2D eigenvalue weighted by Gasteiger charge is 2.30. The van der Waals surface area contributed by atoms with Crippen LogP contribution in [0.5, 0.6) is 0 Å². The molecule has 0 aliphatic carbocycles. The minimum Gasteiger partial charge on any atom is -0.462 e. The fourth-order valence-corrected chi connectivity index (χ4v) is 11.9. The van der Waals surface area contributed by atoms with Crippen molar-refractivity contribution in [3.8, 4) is 0 Å². The van der Waals surface area contributed by atoms with E-state index in [1.54, 1.807) is 0 Å². The van der Waals surface area contributed by atoms with Gasteiger partial charge in [-0.15, -0.1) is 0 Å². The van der Waals surface area contributed by atoms with Gasteiger partial charge in [0.15, 0.2) is 12.2 Å². The quantitative estimate of drug-likeness (QED) is 0.0222. The van der Waals surface area contributed by atoms with Gasteiger partial charge in [-0.25, -0.2) is 9.13 Å². The highest BCUT2D eigenvalue weighted by Crippen LogP contribution is 2.45. The summed E-state index contributed by atoms with van der Waals surface area (Å²) in [4.78, 5) is 72.4. The minimum absolute atomic E-state index is 0.106. The van der Waals surface area contributed by atoms with E-state index in [1.807, 2.05) is 0 Å². The zero-order valence-corrected chi connectivity index (χ0v) is 57.9. The third-order valence-corrected chi connectivity index (χ3v) is 17.7. The lowest BCUT2D eigenvalue weighted by Crippen LogP contribution is -2.30. The SMILES string of the molecule is CCCCCCCCCCCCCCCCCC(=O)O[C@H](COC(=O)CCCCCCCCCCCCCC)COP(=O)(O)OC[C@@H](O)COP(=O)(O)OC[C@@H](COC(=O)CCCCCCCCC(C)C)OC(=O)CCCCCCCCCCCCC. The number of phosphoric ester groups is 2. The van der Waals surface area contributed by atoms with Crippen LogP contribution in [-0.4, -0.2) is 96.7 Å². The maximum absolute atomic E-state index is 13.0. The fourth-order valence-electron chi connectivity index (χ4n) is 10.3. The lowest BCUT2D eigenvalue weighted by molar-refractivity contribution is -0.161. The Morgan fingerprint density at radius 3 is 0.782 bits per heavy atom. The lowest BCUT2D eigenvalue weighted by atomic mass is 10.0. The van der Waals surface area contributed by atoms with Gasteiger partial charge in [-0.1, -0.05) is 298 Å². The third kappa shape index (κ3) is 62.6. The second kappa shape index (κ2) is 61.6. The molecule has 0 fully saturated rings. The van der Waals surface area contributed by atoms with Gasteiger partial charge in [0, 0.05) is 25.7 Å². The van der Waals surface area contributed by atoms with Crippen molar-refractivity contribution in [3.05, 3.63) is 0 Å². The van der Waals surface area contributed by atoms with Crippen LogP contribution in [0.1, 0.15) is 349 Å². The number of hydrogen-bond acceptors (Lipinski definition) is 15. The van der Waals surface area contributed by atoms with E-state index >= 15 is 0 Å². The summed E-state index contributed by atoms with van der Waals surface area (Å²) >= 11 is 0. The minimum atomic E-state index is -4.95. The number of carbonyl (C=O) groups is 4. The molecule has 0 spiro atoms. The van der Waals surface area contributed by atoms with E-state index in [-0.39, 0.29) is 25.7 Å². The van der Waals surface area contributed by atoms with E-state index in [4.69, 9.17) is 37.0 Å². The van der Waals surface area contributed by atoms with Crippen LogP contribution < -0.4 is 0 Å². The summed E-state index contributed by atoms with van der Waals surface area (Å²) in [5.74, 6) is -1.45. The average Bonchev–Trinajstić information content (AvgIpc) is 3.66. The predicted octanol–water partition coefficient (Wildman–Crippen LogP) is 19.4. The Balaban J connectivity index is 5.23. The number of ether oxygens (including phenoxy) is 4. The Hall–Kier alpha value is -1.94. The second-order valence-corrected chi connectivity index (χ2v) is 27.9. The van der Waals surface area contributed by atoms with Gasteiger partial charge in [0.2, 0.25) is 0 Å². The van der Waals surface area contributed by atoms with Crippen molar-refractivity contribution in [1.29, 1.82) is 0 Å². The standard InChI is InChI=1S/C68H132O17P2/c1-6-9-12-15-18-21-24-26-27-28-31-34-37-44-49-54-68(73)84-63(57-78-65(70)51-46-41-35-32-30-25-22-19-16-13-10-7-2)59-82-86(74,75)80-55-62(69)56-81-87(76,77)83-60-64(58-79-66(71)52-47-42-39-38-40-45-50-61(4)5)85-67(72)53-48-43-36-33-29-23-20-17-14-11-8-3/h61-64,69H,6-60H2,1-5H3,(H,74,75)(H,76,77)/t62-,63-,64-/m1/s1. The maximum atomic E-state index is 13.0. The van der Waals surface area contributed by atoms with Crippen molar-refractivity contribution in [2.75, 3.05) is 39.6 Å². The van der Waals surface area contributed by atoms with E-state index in [9.17, 15) is 43.2 Å². The largest absolute Gasteiger partial charge is 0.472 e. The molecule has 0 aromatic carbocycles. The molecule has 17 nitrogen and oxygen atoms in total. The van der Waals surface area contributed by atoms with Crippen molar-refractivity contribution in [1.82, 2.24) is 0 Å². The topological polar surface area (TPSA) is 237 Å². The van der Waals surface area contributed by atoms with Crippen molar-refractivity contribution in [2.45, 2.75) is 368 Å². The van der Waals surface area contributed by atoms with Crippen LogP contribution in [0.4, 0.5) is 0 Å². The summed E-state index contributed by atoms with van der Waals surface area (Å²) in [5, 5.41) is 10.6. The molecular formula is C68H132O17P2. The van der Waals surface area contributed by atoms with E-state index in [0.29, 0.717) is 31.6 Å². The molecule has 0 aliphatic rings. The number of rotatable bonds is 68. The Morgan fingerprint density at radius 2 is 0.529 bits per heavy atom. The van der Waals surface area contributed by atoms with E-state index in [2.05, 4.69) is 34.6 Å². The number of esters is 4. The molecule has 0 aromatic rings. The summed E-state index contributed by atoms with van der Waals surface area (Å²) < 4.78 is 68.2.